The second-order valence-corrected chi connectivity index (χ2v) is 10.4. The maximum Gasteiger partial charge on any atom is 0.291 e. The van der Waals surface area contributed by atoms with Crippen LogP contribution in [0.5, 0.6) is 5.75 Å². The van der Waals surface area contributed by atoms with E-state index < -0.39 is 0 Å². The highest BCUT2D eigenvalue weighted by Crippen LogP contribution is 2.46. The standard InChI is InChI=1S/C27H32N2O3S/c1-18-13-15-29(16-14-18)25(19-9-11-20(31-2)12-10-19)24-21-6-3-4-8-23(21)33-27(24)28-26(30)22-7-5-17-32-22/h5,7,9-12,17-18,25H,3-4,6,8,13-16H2,1-2H3,(H,28,30)/t25-/m0/s1. The van der Waals surface area contributed by atoms with Crippen LogP contribution in [0.2, 0.25) is 0 Å². The van der Waals surface area contributed by atoms with Gasteiger partial charge < -0.3 is 14.5 Å². The third-order valence-electron chi connectivity index (χ3n) is 7.07. The van der Waals surface area contributed by atoms with Gasteiger partial charge in [0.05, 0.1) is 19.4 Å². The maximum absolute atomic E-state index is 13.0. The third-order valence-corrected chi connectivity index (χ3v) is 8.30. The molecule has 1 aliphatic carbocycles. The summed E-state index contributed by atoms with van der Waals surface area (Å²) in [6.45, 7) is 4.48. The normalized spacial score (nSPS) is 18.0. The topological polar surface area (TPSA) is 54.7 Å². The Morgan fingerprint density at radius 3 is 2.61 bits per heavy atom. The summed E-state index contributed by atoms with van der Waals surface area (Å²) in [5, 5.41) is 4.20. The molecule has 3 heterocycles. The Kier molecular flexibility index (Phi) is 6.56. The number of nitrogens with zero attached hydrogens (tertiary/aromatic N) is 1. The number of aryl methyl sites for hydroxylation is 1. The van der Waals surface area contributed by atoms with E-state index in [4.69, 9.17) is 9.15 Å². The molecule has 174 valence electrons. The number of carbonyl (C=O) groups excluding carboxylic acids is 1. The number of furan rings is 1. The summed E-state index contributed by atoms with van der Waals surface area (Å²) < 4.78 is 10.8. The van der Waals surface area contributed by atoms with Gasteiger partial charge in [-0.2, -0.15) is 0 Å². The number of thiophene rings is 1. The second-order valence-electron chi connectivity index (χ2n) is 9.28. The van der Waals surface area contributed by atoms with E-state index in [1.54, 1.807) is 36.8 Å². The molecular formula is C27H32N2O3S. The molecule has 1 saturated heterocycles. The number of fused-ring (bicyclic) bond motifs is 1. The fourth-order valence-electron chi connectivity index (χ4n) is 5.18. The summed E-state index contributed by atoms with van der Waals surface area (Å²) in [5.74, 6) is 1.79. The lowest BCUT2D eigenvalue weighted by molar-refractivity contribution is 0.0996. The van der Waals surface area contributed by atoms with Crippen LogP contribution in [0.25, 0.3) is 0 Å². The first kappa shape index (κ1) is 22.2. The van der Waals surface area contributed by atoms with Crippen molar-refractivity contribution in [3.63, 3.8) is 0 Å². The summed E-state index contributed by atoms with van der Waals surface area (Å²) in [5.41, 5.74) is 3.99. The van der Waals surface area contributed by atoms with Crippen LogP contribution < -0.4 is 10.1 Å². The van der Waals surface area contributed by atoms with Gasteiger partial charge in [-0.15, -0.1) is 11.3 Å². The number of ether oxygens (including phenoxy) is 1. The van der Waals surface area contributed by atoms with Gasteiger partial charge in [-0.25, -0.2) is 0 Å². The van der Waals surface area contributed by atoms with Crippen LogP contribution >= 0.6 is 11.3 Å². The second kappa shape index (κ2) is 9.74. The number of carbonyl (C=O) groups is 1. The number of likely N-dealkylation sites (tertiary alicyclic amines) is 1. The molecule has 0 unspecified atom stereocenters. The predicted octanol–water partition coefficient (Wildman–Crippen LogP) is 6.30. The van der Waals surface area contributed by atoms with Crippen molar-refractivity contribution in [1.82, 2.24) is 4.90 Å². The molecule has 2 aliphatic rings. The van der Waals surface area contributed by atoms with Gasteiger partial charge in [0.1, 0.15) is 10.8 Å². The predicted molar refractivity (Wildman–Crippen MR) is 132 cm³/mol. The highest BCUT2D eigenvalue weighted by Gasteiger charge is 2.33. The van der Waals surface area contributed by atoms with Gasteiger partial charge in [0.25, 0.3) is 5.91 Å². The van der Waals surface area contributed by atoms with Crippen LogP contribution in [-0.4, -0.2) is 31.0 Å². The van der Waals surface area contributed by atoms with Crippen LogP contribution in [-0.2, 0) is 12.8 Å². The van der Waals surface area contributed by atoms with Gasteiger partial charge in [-0.3, -0.25) is 9.69 Å². The van der Waals surface area contributed by atoms with Gasteiger partial charge in [0.15, 0.2) is 5.76 Å². The molecule has 5 nitrogen and oxygen atoms in total. The van der Waals surface area contributed by atoms with E-state index in [2.05, 4.69) is 41.4 Å². The zero-order valence-electron chi connectivity index (χ0n) is 19.4. The molecule has 1 amide bonds. The zero-order valence-corrected chi connectivity index (χ0v) is 20.2. The first-order valence-corrected chi connectivity index (χ1v) is 12.8. The Labute approximate surface area is 199 Å². The molecule has 1 atom stereocenters. The quantitative estimate of drug-likeness (QED) is 0.465. The summed E-state index contributed by atoms with van der Waals surface area (Å²) in [6, 6.07) is 12.1. The van der Waals surface area contributed by atoms with Crippen LogP contribution in [0.15, 0.2) is 47.1 Å². The van der Waals surface area contributed by atoms with Gasteiger partial charge in [0.2, 0.25) is 0 Å². The maximum atomic E-state index is 13.0. The molecule has 5 rings (SSSR count). The molecule has 3 aromatic rings. The minimum absolute atomic E-state index is 0.119. The molecule has 1 N–H and O–H groups in total. The van der Waals surface area contributed by atoms with Crippen molar-refractivity contribution >= 4 is 22.2 Å². The van der Waals surface area contributed by atoms with Crippen molar-refractivity contribution in [3.8, 4) is 5.75 Å². The van der Waals surface area contributed by atoms with E-state index >= 15 is 0 Å². The number of benzene rings is 1. The number of rotatable bonds is 6. The van der Waals surface area contributed by atoms with Gasteiger partial charge in [-0.05, 0) is 92.9 Å². The van der Waals surface area contributed by atoms with E-state index in [1.807, 2.05) is 0 Å². The van der Waals surface area contributed by atoms with Crippen molar-refractivity contribution in [3.05, 3.63) is 70.0 Å². The van der Waals surface area contributed by atoms with Crippen molar-refractivity contribution in [2.45, 2.75) is 51.5 Å². The zero-order chi connectivity index (χ0) is 22.8. The average molecular weight is 465 g/mol. The van der Waals surface area contributed by atoms with E-state index in [1.165, 1.54) is 47.3 Å². The summed E-state index contributed by atoms with van der Waals surface area (Å²) >= 11 is 1.76. The number of anilines is 1. The molecule has 6 heteroatoms. The van der Waals surface area contributed by atoms with E-state index in [9.17, 15) is 4.79 Å². The summed E-state index contributed by atoms with van der Waals surface area (Å²) in [7, 11) is 1.70. The Morgan fingerprint density at radius 1 is 1.15 bits per heavy atom. The number of nitrogens with one attached hydrogen (secondary N) is 1. The molecule has 0 saturated carbocycles. The molecule has 1 aliphatic heterocycles. The lowest BCUT2D eigenvalue weighted by Crippen LogP contribution is -2.37. The fourth-order valence-corrected chi connectivity index (χ4v) is 6.49. The smallest absolute Gasteiger partial charge is 0.291 e. The van der Waals surface area contributed by atoms with Gasteiger partial charge in [0, 0.05) is 10.4 Å². The Balaban J connectivity index is 1.59. The lowest BCUT2D eigenvalue weighted by Gasteiger charge is -2.38. The van der Waals surface area contributed by atoms with Crippen LogP contribution in [0.3, 0.4) is 0 Å². The molecule has 0 radical (unpaired) electrons. The summed E-state index contributed by atoms with van der Waals surface area (Å²) in [6.07, 6.45) is 8.54. The molecule has 0 bridgehead atoms. The number of hydrogen-bond acceptors (Lipinski definition) is 5. The molecule has 1 fully saturated rings. The summed E-state index contributed by atoms with van der Waals surface area (Å²) in [4.78, 5) is 17.0. The van der Waals surface area contributed by atoms with Crippen molar-refractivity contribution < 1.29 is 13.9 Å². The molecule has 2 aromatic heterocycles. The van der Waals surface area contributed by atoms with E-state index in [-0.39, 0.29) is 11.9 Å². The van der Waals surface area contributed by atoms with Crippen molar-refractivity contribution in [1.29, 1.82) is 0 Å². The largest absolute Gasteiger partial charge is 0.497 e. The molecular weight excluding hydrogens is 432 g/mol. The Bertz CT molecular complexity index is 1080. The van der Waals surface area contributed by atoms with Gasteiger partial charge in [-0.1, -0.05) is 19.1 Å². The number of methoxy groups -OCH3 is 1. The first-order valence-electron chi connectivity index (χ1n) is 12.0. The van der Waals surface area contributed by atoms with Crippen LogP contribution in [0.4, 0.5) is 5.00 Å². The molecule has 0 spiro atoms. The minimum atomic E-state index is -0.180. The third kappa shape index (κ3) is 4.59. The molecule has 1 aromatic carbocycles. The van der Waals surface area contributed by atoms with E-state index in [0.29, 0.717) is 5.76 Å². The van der Waals surface area contributed by atoms with Crippen molar-refractivity contribution in [2.75, 3.05) is 25.5 Å². The lowest BCUT2D eigenvalue weighted by atomic mass is 9.87. The highest BCUT2D eigenvalue weighted by molar-refractivity contribution is 7.16. The minimum Gasteiger partial charge on any atom is -0.497 e. The van der Waals surface area contributed by atoms with Crippen molar-refractivity contribution in [2.24, 2.45) is 5.92 Å². The molecule has 33 heavy (non-hydrogen) atoms. The fraction of sp³-hybridized carbons (Fsp3) is 0.444. The Morgan fingerprint density at radius 2 is 1.91 bits per heavy atom. The number of piperidine rings is 1. The Hall–Kier alpha value is -2.57. The van der Waals surface area contributed by atoms with Crippen LogP contribution in [0.1, 0.15) is 70.8 Å². The van der Waals surface area contributed by atoms with Gasteiger partial charge >= 0.3 is 0 Å². The number of amides is 1. The number of hydrogen-bond donors (Lipinski definition) is 1. The van der Waals surface area contributed by atoms with Crippen LogP contribution in [0, 0.1) is 5.92 Å². The van der Waals surface area contributed by atoms with E-state index in [0.717, 1.165) is 42.6 Å². The first-order chi connectivity index (χ1) is 16.1. The monoisotopic (exact) mass is 464 g/mol. The highest BCUT2D eigenvalue weighted by atomic mass is 32.1. The average Bonchev–Trinajstić information content (AvgIpc) is 3.50. The SMILES string of the molecule is COc1ccc([C@@H](c2c(NC(=O)c3ccco3)sc3c2CCCC3)N2CCC(C)CC2)cc1.